The van der Waals surface area contributed by atoms with Crippen molar-refractivity contribution < 1.29 is 32.2 Å². The van der Waals surface area contributed by atoms with E-state index in [-0.39, 0.29) is 11.1 Å². The highest BCUT2D eigenvalue weighted by Crippen LogP contribution is 2.42. The Morgan fingerprint density at radius 1 is 0.938 bits per heavy atom. The molecule has 1 N–H and O–H groups in total. The highest BCUT2D eigenvalue weighted by molar-refractivity contribution is 5.89. The van der Waals surface area contributed by atoms with E-state index in [9.17, 15) is 22.8 Å². The monoisotopic (exact) mass is 445 g/mol. The first-order valence-corrected chi connectivity index (χ1v) is 9.79. The fourth-order valence-electron chi connectivity index (χ4n) is 3.42. The number of ether oxygens (including phenoxy) is 2. The predicted molar refractivity (Wildman–Crippen MR) is 113 cm³/mol. The minimum Gasteiger partial charge on any atom is -0.465 e. The molecule has 0 saturated heterocycles. The van der Waals surface area contributed by atoms with Crippen LogP contribution in [0.3, 0.4) is 0 Å². The molecule has 8 heteroatoms. The summed E-state index contributed by atoms with van der Waals surface area (Å²) < 4.78 is 51.3. The number of methoxy groups -OCH3 is 1. The molecule has 0 saturated carbocycles. The lowest BCUT2D eigenvalue weighted by Crippen LogP contribution is -2.46. The van der Waals surface area contributed by atoms with Crippen molar-refractivity contribution in [3.63, 3.8) is 0 Å². The van der Waals surface area contributed by atoms with Crippen LogP contribution in [0.2, 0.25) is 0 Å². The van der Waals surface area contributed by atoms with Crippen LogP contribution in [0.15, 0.2) is 66.7 Å². The summed E-state index contributed by atoms with van der Waals surface area (Å²) in [6.45, 7) is 2.43. The number of fused-ring (bicyclic) bond motifs is 1. The number of hydrogen-bond acceptors (Lipinski definition) is 4. The molecule has 2 atom stereocenters. The third-order valence-corrected chi connectivity index (χ3v) is 5.32. The van der Waals surface area contributed by atoms with E-state index in [1.807, 2.05) is 36.4 Å². The lowest BCUT2D eigenvalue weighted by Gasteiger charge is -2.32. The molecular weight excluding hydrogens is 423 g/mol. The second-order valence-corrected chi connectivity index (χ2v) is 7.42. The maximum atomic E-state index is 13.9. The molecule has 3 aromatic rings. The van der Waals surface area contributed by atoms with Gasteiger partial charge in [-0.05, 0) is 42.3 Å². The molecule has 0 radical (unpaired) electrons. The zero-order chi connectivity index (χ0) is 23.5. The molecule has 0 heterocycles. The smallest absolute Gasteiger partial charge is 0.432 e. The molecule has 0 fully saturated rings. The number of hydrogen-bond donors (Lipinski definition) is 1. The van der Waals surface area contributed by atoms with Crippen LogP contribution in [0.4, 0.5) is 18.0 Å². The fourth-order valence-corrected chi connectivity index (χ4v) is 3.42. The Morgan fingerprint density at radius 2 is 1.56 bits per heavy atom. The van der Waals surface area contributed by atoms with Crippen LogP contribution < -0.4 is 5.32 Å². The predicted octanol–water partition coefficient (Wildman–Crippen LogP) is 5.89. The van der Waals surface area contributed by atoms with Crippen molar-refractivity contribution in [2.24, 2.45) is 0 Å². The third-order valence-electron chi connectivity index (χ3n) is 5.32. The van der Waals surface area contributed by atoms with Crippen LogP contribution in [-0.4, -0.2) is 25.3 Å². The Kier molecular flexibility index (Phi) is 6.43. The Hall–Kier alpha value is -3.55. The van der Waals surface area contributed by atoms with Crippen LogP contribution in [0, 0.1) is 0 Å². The summed E-state index contributed by atoms with van der Waals surface area (Å²) >= 11 is 0. The van der Waals surface area contributed by atoms with E-state index < -0.39 is 29.9 Å². The summed E-state index contributed by atoms with van der Waals surface area (Å²) in [6.07, 6.45) is -6.12. The summed E-state index contributed by atoms with van der Waals surface area (Å²) in [6, 6.07) is 16.9. The molecule has 0 bridgehead atoms. The molecule has 3 rings (SSSR count). The van der Waals surface area contributed by atoms with Gasteiger partial charge in [-0.3, -0.25) is 0 Å². The lowest BCUT2D eigenvalue weighted by atomic mass is 9.94. The molecule has 32 heavy (non-hydrogen) atoms. The maximum Gasteiger partial charge on any atom is 0.432 e. The van der Waals surface area contributed by atoms with Gasteiger partial charge in [0.25, 0.3) is 0 Å². The summed E-state index contributed by atoms with van der Waals surface area (Å²) in [7, 11) is 1.17. The zero-order valence-electron chi connectivity index (χ0n) is 17.7. The van der Waals surface area contributed by atoms with Crippen molar-refractivity contribution >= 4 is 22.8 Å². The molecule has 5 nitrogen and oxygen atoms in total. The number of carbonyl (C=O) groups excluding carboxylic acids is 2. The fraction of sp³-hybridized carbons (Fsp3) is 0.250. The van der Waals surface area contributed by atoms with Crippen molar-refractivity contribution in [2.45, 2.75) is 31.7 Å². The molecule has 2 unspecified atom stereocenters. The van der Waals surface area contributed by atoms with Gasteiger partial charge in [-0.25, -0.2) is 9.59 Å². The number of nitrogens with one attached hydrogen (secondary N) is 1. The minimum atomic E-state index is -4.90. The van der Waals surface area contributed by atoms with Crippen LogP contribution >= 0.6 is 0 Å². The highest BCUT2D eigenvalue weighted by atomic mass is 19.4. The number of benzene rings is 3. The van der Waals surface area contributed by atoms with Crippen LogP contribution in [0.25, 0.3) is 10.8 Å². The normalized spacial score (nSPS) is 14.3. The Balaban J connectivity index is 1.84. The third kappa shape index (κ3) is 4.54. The van der Waals surface area contributed by atoms with E-state index in [2.05, 4.69) is 10.1 Å². The van der Waals surface area contributed by atoms with Gasteiger partial charge in [-0.15, -0.1) is 0 Å². The number of alkyl halides is 3. The first kappa shape index (κ1) is 23.1. The van der Waals surface area contributed by atoms with Crippen molar-refractivity contribution in [1.82, 2.24) is 5.32 Å². The second-order valence-electron chi connectivity index (χ2n) is 7.42. The average molecular weight is 445 g/mol. The average Bonchev–Trinajstić information content (AvgIpc) is 2.77. The largest absolute Gasteiger partial charge is 0.465 e. The highest BCUT2D eigenvalue weighted by Gasteiger charge is 2.56. The second kappa shape index (κ2) is 8.90. The molecule has 3 aromatic carbocycles. The van der Waals surface area contributed by atoms with Crippen molar-refractivity contribution in [1.29, 1.82) is 0 Å². The molecule has 0 aliphatic heterocycles. The van der Waals surface area contributed by atoms with Gasteiger partial charge in [0.05, 0.1) is 18.7 Å². The van der Waals surface area contributed by atoms with E-state index in [0.29, 0.717) is 0 Å². The number of carbonyl (C=O) groups is 2. The lowest BCUT2D eigenvalue weighted by molar-refractivity contribution is -0.257. The van der Waals surface area contributed by atoms with E-state index in [0.717, 1.165) is 35.4 Å². The quantitative estimate of drug-likeness (QED) is 0.498. The van der Waals surface area contributed by atoms with Gasteiger partial charge >= 0.3 is 18.2 Å². The van der Waals surface area contributed by atoms with Gasteiger partial charge < -0.3 is 14.8 Å². The number of amides is 1. The number of rotatable bonds is 5. The van der Waals surface area contributed by atoms with Gasteiger partial charge in [0, 0.05) is 5.56 Å². The number of esters is 1. The van der Waals surface area contributed by atoms with E-state index in [1.165, 1.54) is 19.2 Å². The van der Waals surface area contributed by atoms with Gasteiger partial charge in [0.2, 0.25) is 5.60 Å². The Bertz CT molecular complexity index is 1120. The summed E-state index contributed by atoms with van der Waals surface area (Å²) in [5.41, 5.74) is -2.43. The molecule has 0 aliphatic carbocycles. The molecule has 0 aromatic heterocycles. The van der Waals surface area contributed by atoms with Crippen LogP contribution in [-0.2, 0) is 15.1 Å². The van der Waals surface area contributed by atoms with Gasteiger partial charge in [-0.1, -0.05) is 54.6 Å². The zero-order valence-corrected chi connectivity index (χ0v) is 17.7. The molecule has 168 valence electrons. The van der Waals surface area contributed by atoms with Gasteiger partial charge in [0.15, 0.2) is 0 Å². The van der Waals surface area contributed by atoms with Gasteiger partial charge in [0.1, 0.15) is 0 Å². The Labute approximate surface area is 183 Å². The summed E-state index contributed by atoms with van der Waals surface area (Å²) in [4.78, 5) is 24.1. The topological polar surface area (TPSA) is 64.6 Å². The molecule has 0 aliphatic rings. The Morgan fingerprint density at radius 3 is 2.19 bits per heavy atom. The maximum absolute atomic E-state index is 13.9. The van der Waals surface area contributed by atoms with Crippen LogP contribution in [0.1, 0.15) is 41.4 Å². The van der Waals surface area contributed by atoms with Crippen molar-refractivity contribution in [3.8, 4) is 0 Å². The van der Waals surface area contributed by atoms with E-state index in [4.69, 9.17) is 4.74 Å². The summed E-state index contributed by atoms with van der Waals surface area (Å²) in [5.74, 6) is -0.687. The first-order valence-electron chi connectivity index (χ1n) is 9.79. The van der Waals surface area contributed by atoms with Crippen LogP contribution in [0.5, 0.6) is 0 Å². The van der Waals surface area contributed by atoms with E-state index >= 15 is 0 Å². The number of alkyl carbamates (subject to hydrolysis) is 1. The summed E-state index contributed by atoms with van der Waals surface area (Å²) in [5, 5.41) is 4.31. The molecular formula is C24H22F3NO4. The van der Waals surface area contributed by atoms with E-state index in [1.54, 1.807) is 13.0 Å². The van der Waals surface area contributed by atoms with Crippen molar-refractivity contribution in [3.05, 3.63) is 83.4 Å². The first-order chi connectivity index (χ1) is 15.1. The number of halogens is 3. The van der Waals surface area contributed by atoms with Gasteiger partial charge in [-0.2, -0.15) is 13.2 Å². The SMILES string of the molecule is COC(=O)c1ccc(C(C)(OC(=O)NC(C)c2cccc3ccccc23)C(F)(F)F)cc1. The standard InChI is InChI=1S/C24H22F3NO4/c1-15(19-10-6-8-16-7-4-5-9-20(16)19)28-22(30)32-23(2,24(25,26)27)18-13-11-17(12-14-18)21(29)31-3/h4-15H,1-3H3,(H,28,30). The van der Waals surface area contributed by atoms with Crippen molar-refractivity contribution in [2.75, 3.05) is 7.11 Å². The molecule has 1 amide bonds. The minimum absolute atomic E-state index is 0.0785. The molecule has 0 spiro atoms.